The summed E-state index contributed by atoms with van der Waals surface area (Å²) in [5.41, 5.74) is -0.516. The fourth-order valence-electron chi connectivity index (χ4n) is 5.14. The fraction of sp³-hybridized carbons (Fsp3) is 0.963. The van der Waals surface area contributed by atoms with Gasteiger partial charge in [-0.1, -0.05) is 90.9 Å². The van der Waals surface area contributed by atoms with Crippen molar-refractivity contribution >= 4 is 17.7 Å². The Morgan fingerprint density at radius 3 is 2.22 bits per heavy atom. The first kappa shape index (κ1) is 28.0. The van der Waals surface area contributed by atoms with E-state index in [2.05, 4.69) is 20.1 Å². The van der Waals surface area contributed by atoms with E-state index in [0.717, 1.165) is 18.6 Å². The zero-order chi connectivity index (χ0) is 23.4. The molecule has 2 saturated heterocycles. The van der Waals surface area contributed by atoms with E-state index in [1.165, 1.54) is 77.0 Å². The maximum absolute atomic E-state index is 13.2. The van der Waals surface area contributed by atoms with Gasteiger partial charge in [-0.25, -0.2) is 0 Å². The van der Waals surface area contributed by atoms with Gasteiger partial charge in [-0.15, -0.1) is 0 Å². The van der Waals surface area contributed by atoms with E-state index in [9.17, 15) is 4.79 Å². The molecule has 4 atom stereocenters. The molecule has 4 nitrogen and oxygen atoms in total. The van der Waals surface area contributed by atoms with E-state index in [0.29, 0.717) is 12.5 Å². The van der Waals surface area contributed by atoms with E-state index in [1.54, 1.807) is 0 Å². The molecule has 0 aromatic rings. The number of carbonyl (C=O) groups excluding carboxylic acids is 1. The third-order valence-corrected chi connectivity index (χ3v) is 7.87. The van der Waals surface area contributed by atoms with Gasteiger partial charge >= 0.3 is 0 Å². The number of thioether (sulfide) groups is 1. The summed E-state index contributed by atoms with van der Waals surface area (Å²) in [5, 5.41) is 0. The number of nitrogens with zero attached hydrogens (tertiary/aromatic N) is 1. The molecule has 2 aliphatic rings. The molecule has 0 bridgehead atoms. The minimum atomic E-state index is -0.516. The topological polar surface area (TPSA) is 42.1 Å². The van der Waals surface area contributed by atoms with Crippen LogP contribution in [-0.4, -0.2) is 53.4 Å². The summed E-state index contributed by atoms with van der Waals surface area (Å²) < 4.78 is 11.8. The highest BCUT2D eigenvalue weighted by Gasteiger charge is 2.53. The third-order valence-electron chi connectivity index (χ3n) is 7.23. The largest absolute Gasteiger partial charge is 0.359 e. The molecule has 0 unspecified atom stereocenters. The van der Waals surface area contributed by atoms with Gasteiger partial charge < -0.3 is 14.4 Å². The molecular formula is C27H51NO3S. The lowest BCUT2D eigenvalue weighted by atomic mass is 9.96. The third kappa shape index (κ3) is 9.54. The van der Waals surface area contributed by atoms with Crippen LogP contribution in [0.5, 0.6) is 0 Å². The lowest BCUT2D eigenvalue weighted by molar-refractivity contribution is -0.147. The number of unbranched alkanes of at least 4 members (excludes halogenated alkanes) is 10. The molecule has 0 saturated carbocycles. The second kappa shape index (κ2) is 14.9. The van der Waals surface area contributed by atoms with E-state index < -0.39 is 5.72 Å². The lowest BCUT2D eigenvalue weighted by Gasteiger charge is -2.33. The van der Waals surface area contributed by atoms with Crippen molar-refractivity contribution in [2.75, 3.05) is 18.6 Å². The molecule has 1 amide bonds. The van der Waals surface area contributed by atoms with Gasteiger partial charge in [-0.05, 0) is 44.6 Å². The Morgan fingerprint density at radius 1 is 1.03 bits per heavy atom. The average molecular weight is 470 g/mol. The van der Waals surface area contributed by atoms with E-state index in [-0.39, 0.29) is 24.2 Å². The van der Waals surface area contributed by atoms with Gasteiger partial charge in [0.2, 0.25) is 0 Å². The van der Waals surface area contributed by atoms with Crippen LogP contribution in [0.1, 0.15) is 118 Å². The number of ether oxygens (including phenoxy) is 2. The van der Waals surface area contributed by atoms with Crippen molar-refractivity contribution in [1.82, 2.24) is 4.90 Å². The molecule has 0 aromatic heterocycles. The molecule has 2 rings (SSSR count). The Labute approximate surface area is 202 Å². The van der Waals surface area contributed by atoms with Crippen molar-refractivity contribution in [2.45, 2.75) is 142 Å². The number of hydrogen-bond acceptors (Lipinski definition) is 4. The molecule has 0 aromatic carbocycles. The predicted molar refractivity (Wildman–Crippen MR) is 137 cm³/mol. The molecule has 5 heteroatoms. The minimum absolute atomic E-state index is 0.114. The van der Waals surface area contributed by atoms with Gasteiger partial charge in [0, 0.05) is 0 Å². The summed E-state index contributed by atoms with van der Waals surface area (Å²) in [6.07, 6.45) is 20.5. The van der Waals surface area contributed by atoms with Crippen molar-refractivity contribution in [3.05, 3.63) is 0 Å². The minimum Gasteiger partial charge on any atom is -0.359 e. The number of amides is 1. The standard InChI is InChI=1S/C27H51NO3S/c1-6-7-8-9-10-11-12-13-14-15-16-17-22(2)20-24-25(31-24)26(29)28-23(18-19-32-5)21-30-27(28,3)4/h22-25H,6-21H2,1-5H3/t22-,23-,24+,25-/m0/s1. The Balaban J connectivity index is 1.55. The predicted octanol–water partition coefficient (Wildman–Crippen LogP) is 7.20. The van der Waals surface area contributed by atoms with Crippen molar-refractivity contribution in [2.24, 2.45) is 5.92 Å². The summed E-state index contributed by atoms with van der Waals surface area (Å²) in [6.45, 7) is 9.27. The molecule has 32 heavy (non-hydrogen) atoms. The van der Waals surface area contributed by atoms with Crippen LogP contribution in [0.15, 0.2) is 0 Å². The monoisotopic (exact) mass is 469 g/mol. The molecule has 2 fully saturated rings. The quantitative estimate of drug-likeness (QED) is 0.157. The van der Waals surface area contributed by atoms with E-state index >= 15 is 0 Å². The first-order chi connectivity index (χ1) is 15.4. The summed E-state index contributed by atoms with van der Waals surface area (Å²) >= 11 is 1.83. The zero-order valence-electron chi connectivity index (χ0n) is 21.7. The number of rotatable bonds is 18. The zero-order valence-corrected chi connectivity index (χ0v) is 22.5. The van der Waals surface area contributed by atoms with Crippen LogP contribution in [-0.2, 0) is 14.3 Å². The van der Waals surface area contributed by atoms with Gasteiger partial charge in [0.15, 0.2) is 6.10 Å². The molecule has 0 N–H and O–H groups in total. The molecule has 0 radical (unpaired) electrons. The lowest BCUT2D eigenvalue weighted by Crippen LogP contribution is -2.50. The maximum Gasteiger partial charge on any atom is 0.257 e. The van der Waals surface area contributed by atoms with Crippen molar-refractivity contribution in [3.63, 3.8) is 0 Å². The molecule has 0 aliphatic carbocycles. The van der Waals surface area contributed by atoms with Gasteiger partial charge in [-0.3, -0.25) is 4.79 Å². The van der Waals surface area contributed by atoms with E-state index in [1.807, 2.05) is 30.5 Å². The Kier molecular flexibility index (Phi) is 13.0. The highest BCUT2D eigenvalue weighted by Crippen LogP contribution is 2.37. The molecule has 188 valence electrons. The van der Waals surface area contributed by atoms with Crippen LogP contribution >= 0.6 is 11.8 Å². The molecule has 0 spiro atoms. The summed E-state index contributed by atoms with van der Waals surface area (Å²) in [6, 6.07) is 0.184. The first-order valence-electron chi connectivity index (χ1n) is 13.5. The van der Waals surface area contributed by atoms with E-state index in [4.69, 9.17) is 9.47 Å². The number of epoxide rings is 1. The van der Waals surface area contributed by atoms with Gasteiger partial charge in [0.05, 0.1) is 18.8 Å². The Bertz CT molecular complexity index is 527. The highest BCUT2D eigenvalue weighted by atomic mass is 32.2. The van der Waals surface area contributed by atoms with Gasteiger partial charge in [-0.2, -0.15) is 11.8 Å². The fourth-order valence-corrected chi connectivity index (χ4v) is 5.65. The Morgan fingerprint density at radius 2 is 1.62 bits per heavy atom. The summed E-state index contributed by atoms with van der Waals surface area (Å²) in [7, 11) is 0. The molecule has 2 heterocycles. The SMILES string of the molecule is CCCCCCCCCCCCC[C@H](C)C[C@H]1O[C@@H]1C(=O)N1[C@@H](CCSC)COC1(C)C. The summed E-state index contributed by atoms with van der Waals surface area (Å²) in [4.78, 5) is 15.1. The summed E-state index contributed by atoms with van der Waals surface area (Å²) in [5.74, 6) is 1.83. The van der Waals surface area contributed by atoms with Crippen molar-refractivity contribution < 1.29 is 14.3 Å². The van der Waals surface area contributed by atoms with Crippen molar-refractivity contribution in [1.29, 1.82) is 0 Å². The van der Waals surface area contributed by atoms with Gasteiger partial charge in [0.25, 0.3) is 5.91 Å². The number of hydrogen-bond donors (Lipinski definition) is 0. The highest BCUT2D eigenvalue weighted by molar-refractivity contribution is 7.98. The molecular weight excluding hydrogens is 418 g/mol. The van der Waals surface area contributed by atoms with Crippen LogP contribution in [0.2, 0.25) is 0 Å². The number of carbonyl (C=O) groups is 1. The maximum atomic E-state index is 13.2. The van der Waals surface area contributed by atoms with Crippen LogP contribution in [0.25, 0.3) is 0 Å². The van der Waals surface area contributed by atoms with Crippen LogP contribution < -0.4 is 0 Å². The first-order valence-corrected chi connectivity index (χ1v) is 14.9. The molecule has 2 aliphatic heterocycles. The smallest absolute Gasteiger partial charge is 0.257 e. The van der Waals surface area contributed by atoms with Crippen molar-refractivity contribution in [3.8, 4) is 0 Å². The van der Waals surface area contributed by atoms with Gasteiger partial charge in [0.1, 0.15) is 5.72 Å². The normalized spacial score (nSPS) is 25.3. The van der Waals surface area contributed by atoms with Crippen LogP contribution in [0.3, 0.4) is 0 Å². The Hall–Kier alpha value is -0.260. The second-order valence-electron chi connectivity index (χ2n) is 10.7. The van der Waals surface area contributed by atoms with Crippen LogP contribution in [0, 0.1) is 5.92 Å². The average Bonchev–Trinajstić information content (AvgIpc) is 3.45. The second-order valence-corrected chi connectivity index (χ2v) is 11.6. The van der Waals surface area contributed by atoms with Crippen LogP contribution in [0.4, 0.5) is 0 Å².